The van der Waals surface area contributed by atoms with Gasteiger partial charge in [-0.25, -0.2) is 0 Å². The fourth-order valence-electron chi connectivity index (χ4n) is 2.41. The molecule has 96 valence electrons. The van der Waals surface area contributed by atoms with Crippen LogP contribution in [0.5, 0.6) is 0 Å². The van der Waals surface area contributed by atoms with Gasteiger partial charge in [0.15, 0.2) is 0 Å². The number of nitrogens with zero attached hydrogens (tertiary/aromatic N) is 2. The molecule has 3 nitrogen and oxygen atoms in total. The maximum atomic E-state index is 3.63. The summed E-state index contributed by atoms with van der Waals surface area (Å²) in [7, 11) is 0. The zero-order chi connectivity index (χ0) is 11.8. The molecule has 1 rings (SSSR count). The number of likely N-dealkylation sites (N-methyl/N-ethyl adjacent to an activating group) is 1. The van der Waals surface area contributed by atoms with Gasteiger partial charge in [0.25, 0.3) is 0 Å². The van der Waals surface area contributed by atoms with Gasteiger partial charge in [0.2, 0.25) is 0 Å². The van der Waals surface area contributed by atoms with E-state index >= 15 is 0 Å². The van der Waals surface area contributed by atoms with E-state index in [0.717, 1.165) is 19.6 Å². The van der Waals surface area contributed by atoms with Crippen LogP contribution in [0.15, 0.2) is 0 Å². The van der Waals surface area contributed by atoms with Gasteiger partial charge in [0.05, 0.1) is 0 Å². The van der Waals surface area contributed by atoms with Crippen LogP contribution < -0.4 is 5.32 Å². The molecule has 0 aromatic carbocycles. The van der Waals surface area contributed by atoms with Crippen molar-refractivity contribution in [3.63, 3.8) is 0 Å². The summed E-state index contributed by atoms with van der Waals surface area (Å²) in [6.07, 6.45) is 2.80. The summed E-state index contributed by atoms with van der Waals surface area (Å²) < 4.78 is 0. The number of hydrogen-bond donors (Lipinski definition) is 1. The summed E-state index contributed by atoms with van der Waals surface area (Å²) in [5.74, 6) is 0. The van der Waals surface area contributed by atoms with Crippen LogP contribution in [-0.4, -0.2) is 61.7 Å². The molecule has 0 amide bonds. The van der Waals surface area contributed by atoms with E-state index in [2.05, 4.69) is 35.9 Å². The zero-order valence-corrected chi connectivity index (χ0v) is 11.3. The summed E-state index contributed by atoms with van der Waals surface area (Å²) in [5, 5.41) is 3.63. The molecule has 1 unspecified atom stereocenters. The molecule has 16 heavy (non-hydrogen) atoms. The summed E-state index contributed by atoms with van der Waals surface area (Å²) in [6.45, 7) is 15.3. The molecule has 0 aromatic heterocycles. The van der Waals surface area contributed by atoms with Crippen molar-refractivity contribution in [2.75, 3.05) is 45.8 Å². The molecule has 1 fully saturated rings. The molecule has 0 aromatic rings. The summed E-state index contributed by atoms with van der Waals surface area (Å²) >= 11 is 0. The van der Waals surface area contributed by atoms with Gasteiger partial charge in [-0.2, -0.15) is 0 Å². The molecule has 0 radical (unpaired) electrons. The Morgan fingerprint density at radius 3 is 2.38 bits per heavy atom. The van der Waals surface area contributed by atoms with E-state index in [1.807, 2.05) is 0 Å². The molecule has 0 spiro atoms. The molecule has 1 atom stereocenters. The first-order chi connectivity index (χ1) is 7.76. The van der Waals surface area contributed by atoms with Gasteiger partial charge in [0, 0.05) is 25.7 Å². The largest absolute Gasteiger partial charge is 0.312 e. The first kappa shape index (κ1) is 13.9. The number of hydrogen-bond acceptors (Lipinski definition) is 3. The number of rotatable bonds is 8. The minimum Gasteiger partial charge on any atom is -0.312 e. The van der Waals surface area contributed by atoms with E-state index in [-0.39, 0.29) is 0 Å². The molecule has 1 aliphatic rings. The van der Waals surface area contributed by atoms with E-state index < -0.39 is 0 Å². The molecule has 1 aliphatic heterocycles. The average Bonchev–Trinajstić information content (AvgIpc) is 2.79. The SMILES string of the molecule is CCN(CC)CC(C)NCCN1CCCC1. The van der Waals surface area contributed by atoms with Crippen molar-refractivity contribution in [2.24, 2.45) is 0 Å². The smallest absolute Gasteiger partial charge is 0.0167 e. The monoisotopic (exact) mass is 227 g/mol. The fourth-order valence-corrected chi connectivity index (χ4v) is 2.41. The molecule has 1 saturated heterocycles. The van der Waals surface area contributed by atoms with Gasteiger partial charge in [-0.3, -0.25) is 0 Å². The summed E-state index contributed by atoms with van der Waals surface area (Å²) in [4.78, 5) is 5.05. The van der Waals surface area contributed by atoms with E-state index in [4.69, 9.17) is 0 Å². The molecule has 3 heteroatoms. The Bertz CT molecular complexity index is 163. The van der Waals surface area contributed by atoms with Gasteiger partial charge in [0.1, 0.15) is 0 Å². The van der Waals surface area contributed by atoms with Gasteiger partial charge in [-0.1, -0.05) is 13.8 Å². The maximum Gasteiger partial charge on any atom is 0.0167 e. The zero-order valence-electron chi connectivity index (χ0n) is 11.3. The molecule has 1 heterocycles. The summed E-state index contributed by atoms with van der Waals surface area (Å²) in [5.41, 5.74) is 0. The summed E-state index contributed by atoms with van der Waals surface area (Å²) in [6, 6.07) is 0.613. The van der Waals surface area contributed by atoms with E-state index in [0.29, 0.717) is 6.04 Å². The minimum absolute atomic E-state index is 0.613. The van der Waals surface area contributed by atoms with E-state index in [1.165, 1.54) is 39.0 Å². The Kier molecular flexibility index (Phi) is 7.01. The second-order valence-electron chi connectivity index (χ2n) is 4.89. The predicted octanol–water partition coefficient (Wildman–Crippen LogP) is 1.40. The highest BCUT2D eigenvalue weighted by Crippen LogP contribution is 2.05. The van der Waals surface area contributed by atoms with Gasteiger partial charge < -0.3 is 15.1 Å². The van der Waals surface area contributed by atoms with E-state index in [9.17, 15) is 0 Å². The second kappa shape index (κ2) is 8.04. The minimum atomic E-state index is 0.613. The molecule has 0 saturated carbocycles. The lowest BCUT2D eigenvalue weighted by atomic mass is 10.3. The van der Waals surface area contributed by atoms with Gasteiger partial charge >= 0.3 is 0 Å². The van der Waals surface area contributed by atoms with Crippen LogP contribution in [0.3, 0.4) is 0 Å². The van der Waals surface area contributed by atoms with Crippen LogP contribution in [0.2, 0.25) is 0 Å². The van der Waals surface area contributed by atoms with Gasteiger partial charge in [-0.15, -0.1) is 0 Å². The maximum absolute atomic E-state index is 3.63. The number of likely N-dealkylation sites (tertiary alicyclic amines) is 1. The second-order valence-corrected chi connectivity index (χ2v) is 4.89. The van der Waals surface area contributed by atoms with Crippen LogP contribution in [-0.2, 0) is 0 Å². The van der Waals surface area contributed by atoms with Crippen LogP contribution in [0, 0.1) is 0 Å². The highest BCUT2D eigenvalue weighted by Gasteiger charge is 2.11. The molecular formula is C13H29N3. The lowest BCUT2D eigenvalue weighted by Crippen LogP contribution is -2.41. The number of nitrogens with one attached hydrogen (secondary N) is 1. The van der Waals surface area contributed by atoms with Crippen molar-refractivity contribution in [1.29, 1.82) is 0 Å². The van der Waals surface area contributed by atoms with Crippen LogP contribution >= 0.6 is 0 Å². The van der Waals surface area contributed by atoms with E-state index in [1.54, 1.807) is 0 Å². The first-order valence-electron chi connectivity index (χ1n) is 6.94. The van der Waals surface area contributed by atoms with Crippen molar-refractivity contribution < 1.29 is 0 Å². The van der Waals surface area contributed by atoms with Crippen LogP contribution in [0.1, 0.15) is 33.6 Å². The Morgan fingerprint density at radius 1 is 1.19 bits per heavy atom. The fraction of sp³-hybridized carbons (Fsp3) is 1.00. The standard InChI is InChI=1S/C13H29N3/c1-4-15(5-2)12-13(3)14-8-11-16-9-6-7-10-16/h13-14H,4-12H2,1-3H3. The van der Waals surface area contributed by atoms with Crippen molar-refractivity contribution in [2.45, 2.75) is 39.7 Å². The molecule has 1 N–H and O–H groups in total. The van der Waals surface area contributed by atoms with Crippen molar-refractivity contribution in [1.82, 2.24) is 15.1 Å². The highest BCUT2D eigenvalue weighted by atomic mass is 15.2. The third kappa shape index (κ3) is 5.28. The van der Waals surface area contributed by atoms with Crippen molar-refractivity contribution in [3.8, 4) is 0 Å². The Hall–Kier alpha value is -0.120. The molecule has 0 bridgehead atoms. The normalized spacial score (nSPS) is 19.5. The predicted molar refractivity (Wildman–Crippen MR) is 70.9 cm³/mol. The highest BCUT2D eigenvalue weighted by molar-refractivity contribution is 4.70. The first-order valence-corrected chi connectivity index (χ1v) is 6.94. The third-order valence-corrected chi connectivity index (χ3v) is 3.55. The third-order valence-electron chi connectivity index (χ3n) is 3.55. The average molecular weight is 227 g/mol. The quantitative estimate of drug-likeness (QED) is 0.676. The van der Waals surface area contributed by atoms with Gasteiger partial charge in [-0.05, 0) is 45.9 Å². The van der Waals surface area contributed by atoms with Crippen LogP contribution in [0.4, 0.5) is 0 Å². The van der Waals surface area contributed by atoms with Crippen molar-refractivity contribution in [3.05, 3.63) is 0 Å². The Labute approximate surface area is 101 Å². The Morgan fingerprint density at radius 2 is 1.81 bits per heavy atom. The van der Waals surface area contributed by atoms with Crippen LogP contribution in [0.25, 0.3) is 0 Å². The lowest BCUT2D eigenvalue weighted by Gasteiger charge is -2.24. The topological polar surface area (TPSA) is 18.5 Å². The lowest BCUT2D eigenvalue weighted by molar-refractivity contribution is 0.262. The molecular weight excluding hydrogens is 198 g/mol. The Balaban J connectivity index is 2.02. The molecule has 0 aliphatic carbocycles. The van der Waals surface area contributed by atoms with Crippen molar-refractivity contribution >= 4 is 0 Å².